The highest BCUT2D eigenvalue weighted by Gasteiger charge is 2.22. The van der Waals surface area contributed by atoms with E-state index in [1.54, 1.807) is 0 Å². The Hall–Kier alpha value is -1.18. The van der Waals surface area contributed by atoms with Crippen molar-refractivity contribution in [3.63, 3.8) is 0 Å². The summed E-state index contributed by atoms with van der Waals surface area (Å²) in [4.78, 5) is 16.6. The Morgan fingerprint density at radius 2 is 1.69 bits per heavy atom. The molecule has 1 aromatic rings. The lowest BCUT2D eigenvalue weighted by atomic mass is 9.84. The van der Waals surface area contributed by atoms with E-state index >= 15 is 0 Å². The number of aryl methyl sites for hydroxylation is 2. The van der Waals surface area contributed by atoms with Gasteiger partial charge in [-0.25, -0.2) is 0 Å². The summed E-state index contributed by atoms with van der Waals surface area (Å²) >= 11 is 0. The number of aromatic nitrogens is 1. The van der Waals surface area contributed by atoms with E-state index in [2.05, 4.69) is 4.98 Å². The Labute approximate surface area is 97.1 Å². The summed E-state index contributed by atoms with van der Waals surface area (Å²) in [7, 11) is 0. The summed E-state index contributed by atoms with van der Waals surface area (Å²) in [5.41, 5.74) is 2.75. The Morgan fingerprint density at radius 3 is 2.25 bits per heavy atom. The van der Waals surface area contributed by atoms with Crippen molar-refractivity contribution in [2.75, 3.05) is 0 Å². The van der Waals surface area contributed by atoms with Crippen LogP contribution in [0.5, 0.6) is 0 Å². The molecular weight excluding hydrogens is 198 g/mol. The third-order valence-electron chi connectivity index (χ3n) is 3.34. The first-order valence-electron chi connectivity index (χ1n) is 6.16. The second-order valence-corrected chi connectivity index (χ2v) is 4.84. The molecule has 2 heteroatoms. The van der Waals surface area contributed by atoms with Crippen molar-refractivity contribution in [2.24, 2.45) is 5.92 Å². The first-order chi connectivity index (χ1) is 7.66. The average molecular weight is 217 g/mol. The second kappa shape index (κ2) is 4.77. The molecule has 0 atom stereocenters. The van der Waals surface area contributed by atoms with Crippen LogP contribution in [-0.2, 0) is 0 Å². The molecule has 2 rings (SSSR count). The Balaban J connectivity index is 2.19. The number of carbonyl (C=O) groups is 1. The van der Waals surface area contributed by atoms with Crippen LogP contribution in [0.4, 0.5) is 0 Å². The molecule has 0 radical (unpaired) electrons. The monoisotopic (exact) mass is 217 g/mol. The zero-order valence-electron chi connectivity index (χ0n) is 10.1. The molecule has 0 N–H and O–H groups in total. The first-order valence-corrected chi connectivity index (χ1v) is 6.16. The molecule has 1 aliphatic rings. The number of pyridine rings is 1. The SMILES string of the molecule is Cc1cc(C(=O)C2CCCCC2)cc(C)n1. The molecule has 0 amide bonds. The van der Waals surface area contributed by atoms with E-state index in [0.717, 1.165) is 29.8 Å². The topological polar surface area (TPSA) is 30.0 Å². The summed E-state index contributed by atoms with van der Waals surface area (Å²) in [6.45, 7) is 3.90. The summed E-state index contributed by atoms with van der Waals surface area (Å²) < 4.78 is 0. The molecule has 1 saturated carbocycles. The third kappa shape index (κ3) is 2.49. The van der Waals surface area contributed by atoms with Crippen molar-refractivity contribution in [1.82, 2.24) is 4.98 Å². The maximum absolute atomic E-state index is 12.3. The summed E-state index contributed by atoms with van der Waals surface area (Å²) in [6, 6.07) is 3.84. The van der Waals surface area contributed by atoms with Gasteiger partial charge < -0.3 is 0 Å². The standard InChI is InChI=1S/C14H19NO/c1-10-8-13(9-11(2)15-10)14(16)12-6-4-3-5-7-12/h8-9,12H,3-7H2,1-2H3. The van der Waals surface area contributed by atoms with Gasteiger partial charge in [-0.2, -0.15) is 0 Å². The lowest BCUT2D eigenvalue weighted by molar-refractivity contribution is 0.0889. The van der Waals surface area contributed by atoms with Crippen molar-refractivity contribution < 1.29 is 4.79 Å². The van der Waals surface area contributed by atoms with Gasteiger partial charge in [-0.1, -0.05) is 19.3 Å². The number of hydrogen-bond acceptors (Lipinski definition) is 2. The summed E-state index contributed by atoms with van der Waals surface area (Å²) in [5.74, 6) is 0.586. The van der Waals surface area contributed by atoms with E-state index in [-0.39, 0.29) is 5.92 Å². The van der Waals surface area contributed by atoms with Crippen LogP contribution < -0.4 is 0 Å². The van der Waals surface area contributed by atoms with Crippen molar-refractivity contribution in [1.29, 1.82) is 0 Å². The molecule has 1 fully saturated rings. The molecule has 2 nitrogen and oxygen atoms in total. The smallest absolute Gasteiger partial charge is 0.166 e. The Morgan fingerprint density at radius 1 is 1.12 bits per heavy atom. The fourth-order valence-electron chi connectivity index (χ4n) is 2.58. The lowest BCUT2D eigenvalue weighted by Gasteiger charge is -2.20. The number of hydrogen-bond donors (Lipinski definition) is 0. The van der Waals surface area contributed by atoms with Crippen molar-refractivity contribution in [3.8, 4) is 0 Å². The predicted molar refractivity (Wildman–Crippen MR) is 64.6 cm³/mol. The highest BCUT2D eigenvalue weighted by atomic mass is 16.1. The molecule has 16 heavy (non-hydrogen) atoms. The molecule has 0 unspecified atom stereocenters. The van der Waals surface area contributed by atoms with Gasteiger partial charge in [-0.05, 0) is 38.8 Å². The van der Waals surface area contributed by atoms with E-state index in [1.807, 2.05) is 26.0 Å². The van der Waals surface area contributed by atoms with Crippen LogP contribution in [0.3, 0.4) is 0 Å². The molecule has 0 aromatic carbocycles. The van der Waals surface area contributed by atoms with E-state index in [0.29, 0.717) is 5.78 Å². The molecule has 1 aromatic heterocycles. The van der Waals surface area contributed by atoms with E-state index in [9.17, 15) is 4.79 Å². The molecule has 0 spiro atoms. The third-order valence-corrected chi connectivity index (χ3v) is 3.34. The molecular formula is C14H19NO. The van der Waals surface area contributed by atoms with Gasteiger partial charge in [0.25, 0.3) is 0 Å². The number of ketones is 1. The molecule has 1 aliphatic carbocycles. The van der Waals surface area contributed by atoms with Crippen molar-refractivity contribution >= 4 is 5.78 Å². The quantitative estimate of drug-likeness (QED) is 0.710. The number of rotatable bonds is 2. The van der Waals surface area contributed by atoms with Crippen LogP contribution in [0.2, 0.25) is 0 Å². The lowest BCUT2D eigenvalue weighted by Crippen LogP contribution is -2.18. The van der Waals surface area contributed by atoms with E-state index < -0.39 is 0 Å². The van der Waals surface area contributed by atoms with E-state index in [1.165, 1.54) is 19.3 Å². The number of carbonyl (C=O) groups excluding carboxylic acids is 1. The number of Topliss-reactive ketones (excluding diaryl/α,β-unsaturated/α-hetero) is 1. The van der Waals surface area contributed by atoms with Crippen molar-refractivity contribution in [2.45, 2.75) is 46.0 Å². The van der Waals surface area contributed by atoms with Crippen LogP contribution in [0, 0.1) is 19.8 Å². The molecule has 0 bridgehead atoms. The van der Waals surface area contributed by atoms with Crippen LogP contribution in [0.15, 0.2) is 12.1 Å². The molecule has 86 valence electrons. The minimum atomic E-state index is 0.259. The second-order valence-electron chi connectivity index (χ2n) is 4.84. The van der Waals surface area contributed by atoms with Crippen LogP contribution in [0.25, 0.3) is 0 Å². The largest absolute Gasteiger partial charge is 0.294 e. The van der Waals surface area contributed by atoms with Gasteiger partial charge in [0.1, 0.15) is 0 Å². The zero-order valence-corrected chi connectivity index (χ0v) is 10.1. The minimum absolute atomic E-state index is 0.259. The summed E-state index contributed by atoms with van der Waals surface area (Å²) in [6.07, 6.45) is 5.84. The van der Waals surface area contributed by atoms with Gasteiger partial charge in [-0.3, -0.25) is 9.78 Å². The predicted octanol–water partition coefficient (Wildman–Crippen LogP) is 3.46. The van der Waals surface area contributed by atoms with Crippen molar-refractivity contribution in [3.05, 3.63) is 29.1 Å². The minimum Gasteiger partial charge on any atom is -0.294 e. The van der Waals surface area contributed by atoms with Gasteiger partial charge in [0.2, 0.25) is 0 Å². The molecule has 1 heterocycles. The van der Waals surface area contributed by atoms with E-state index in [4.69, 9.17) is 0 Å². The highest BCUT2D eigenvalue weighted by molar-refractivity contribution is 5.98. The van der Waals surface area contributed by atoms with Gasteiger partial charge in [0.15, 0.2) is 5.78 Å². The van der Waals surface area contributed by atoms with Gasteiger partial charge in [0.05, 0.1) is 0 Å². The molecule has 0 saturated heterocycles. The fraction of sp³-hybridized carbons (Fsp3) is 0.571. The molecule has 0 aliphatic heterocycles. The zero-order chi connectivity index (χ0) is 11.5. The summed E-state index contributed by atoms with van der Waals surface area (Å²) in [5, 5.41) is 0. The Kier molecular flexibility index (Phi) is 3.37. The average Bonchev–Trinajstić information content (AvgIpc) is 2.28. The number of nitrogens with zero attached hydrogens (tertiary/aromatic N) is 1. The van der Waals surface area contributed by atoms with Gasteiger partial charge in [0, 0.05) is 22.9 Å². The fourth-order valence-corrected chi connectivity index (χ4v) is 2.58. The highest BCUT2D eigenvalue weighted by Crippen LogP contribution is 2.27. The van der Waals surface area contributed by atoms with Gasteiger partial charge >= 0.3 is 0 Å². The first kappa shape index (κ1) is 11.3. The normalized spacial score (nSPS) is 17.4. The maximum atomic E-state index is 12.3. The van der Waals surface area contributed by atoms with Crippen LogP contribution >= 0.6 is 0 Å². The van der Waals surface area contributed by atoms with Crippen LogP contribution in [0.1, 0.15) is 53.8 Å². The Bertz CT molecular complexity index is 371. The van der Waals surface area contributed by atoms with Crippen LogP contribution in [-0.4, -0.2) is 10.8 Å². The maximum Gasteiger partial charge on any atom is 0.166 e. The van der Waals surface area contributed by atoms with Gasteiger partial charge in [-0.15, -0.1) is 0 Å².